The standard InChI is InChI=1S/C17H16N2O3S2/c1-10-6-7-23-15(10)16(20)19-17-18-12(9-24-17)11-4-5-13(21-2)14(8-11)22-3/h4-9H,1-3H3,(H,18,19,20). The van der Waals surface area contributed by atoms with E-state index < -0.39 is 0 Å². The number of aryl methyl sites for hydroxylation is 1. The number of thiazole rings is 1. The molecule has 0 aliphatic carbocycles. The van der Waals surface area contributed by atoms with Crippen LogP contribution >= 0.6 is 22.7 Å². The molecule has 0 aliphatic heterocycles. The van der Waals surface area contributed by atoms with E-state index in [2.05, 4.69) is 10.3 Å². The predicted octanol–water partition coefficient (Wildman–Crippen LogP) is 4.45. The van der Waals surface area contributed by atoms with Gasteiger partial charge in [-0.1, -0.05) is 0 Å². The first kappa shape index (κ1) is 16.5. The fourth-order valence-corrected chi connectivity index (χ4v) is 3.75. The number of benzene rings is 1. The van der Waals surface area contributed by atoms with Crippen molar-refractivity contribution in [1.82, 2.24) is 4.98 Å². The number of amides is 1. The van der Waals surface area contributed by atoms with E-state index in [1.807, 2.05) is 41.9 Å². The van der Waals surface area contributed by atoms with Crippen LogP contribution < -0.4 is 14.8 Å². The Morgan fingerprint density at radius 1 is 1.12 bits per heavy atom. The van der Waals surface area contributed by atoms with Gasteiger partial charge in [0.05, 0.1) is 24.8 Å². The van der Waals surface area contributed by atoms with Crippen LogP contribution in [0.15, 0.2) is 35.0 Å². The maximum Gasteiger partial charge on any atom is 0.267 e. The lowest BCUT2D eigenvalue weighted by molar-refractivity contribution is 0.103. The molecule has 124 valence electrons. The zero-order valence-electron chi connectivity index (χ0n) is 13.5. The molecule has 0 unspecified atom stereocenters. The van der Waals surface area contributed by atoms with Gasteiger partial charge in [0, 0.05) is 10.9 Å². The second-order valence-electron chi connectivity index (χ2n) is 4.99. The highest BCUT2D eigenvalue weighted by molar-refractivity contribution is 7.14. The molecule has 3 rings (SSSR count). The number of aromatic nitrogens is 1. The SMILES string of the molecule is COc1ccc(-c2csc(NC(=O)c3sccc3C)n2)cc1OC. The van der Waals surface area contributed by atoms with Crippen LogP contribution in [0.3, 0.4) is 0 Å². The number of hydrogen-bond donors (Lipinski definition) is 1. The van der Waals surface area contributed by atoms with Crippen molar-refractivity contribution >= 4 is 33.7 Å². The molecule has 0 fully saturated rings. The molecule has 3 aromatic rings. The summed E-state index contributed by atoms with van der Waals surface area (Å²) in [6, 6.07) is 7.53. The van der Waals surface area contributed by atoms with Crippen LogP contribution in [-0.2, 0) is 0 Å². The number of anilines is 1. The molecule has 0 aliphatic rings. The zero-order chi connectivity index (χ0) is 17.1. The van der Waals surface area contributed by atoms with Crippen LogP contribution in [0.25, 0.3) is 11.3 Å². The molecule has 5 nitrogen and oxygen atoms in total. The van der Waals surface area contributed by atoms with Crippen molar-refractivity contribution in [2.75, 3.05) is 19.5 Å². The molecule has 0 atom stereocenters. The molecule has 0 saturated carbocycles. The summed E-state index contributed by atoms with van der Waals surface area (Å²) in [6.07, 6.45) is 0. The van der Waals surface area contributed by atoms with E-state index in [1.54, 1.807) is 14.2 Å². The van der Waals surface area contributed by atoms with Gasteiger partial charge in [-0.3, -0.25) is 10.1 Å². The predicted molar refractivity (Wildman–Crippen MR) is 97.7 cm³/mol. The van der Waals surface area contributed by atoms with E-state index in [1.165, 1.54) is 22.7 Å². The molecule has 2 aromatic heterocycles. The smallest absolute Gasteiger partial charge is 0.267 e. The molecule has 0 saturated heterocycles. The van der Waals surface area contributed by atoms with E-state index in [0.29, 0.717) is 21.5 Å². The number of carbonyl (C=O) groups excluding carboxylic acids is 1. The Kier molecular flexibility index (Phi) is 4.82. The number of nitrogens with zero attached hydrogens (tertiary/aromatic N) is 1. The first-order valence-electron chi connectivity index (χ1n) is 7.15. The van der Waals surface area contributed by atoms with Crippen molar-refractivity contribution in [3.8, 4) is 22.8 Å². The van der Waals surface area contributed by atoms with Crippen LogP contribution in [0.5, 0.6) is 11.5 Å². The average Bonchev–Trinajstić information content (AvgIpc) is 3.23. The van der Waals surface area contributed by atoms with Gasteiger partial charge in [-0.05, 0) is 42.1 Å². The molecule has 24 heavy (non-hydrogen) atoms. The van der Waals surface area contributed by atoms with E-state index in [9.17, 15) is 4.79 Å². The largest absolute Gasteiger partial charge is 0.493 e. The third-order valence-corrected chi connectivity index (χ3v) is 5.25. The summed E-state index contributed by atoms with van der Waals surface area (Å²) in [5.74, 6) is 1.18. The second kappa shape index (κ2) is 7.02. The molecular formula is C17H16N2O3S2. The quantitative estimate of drug-likeness (QED) is 0.730. The fraction of sp³-hybridized carbons (Fsp3) is 0.176. The van der Waals surface area contributed by atoms with Crippen molar-refractivity contribution in [2.45, 2.75) is 6.92 Å². The van der Waals surface area contributed by atoms with Crippen LogP contribution in [-0.4, -0.2) is 25.1 Å². The van der Waals surface area contributed by atoms with Crippen LogP contribution in [0.4, 0.5) is 5.13 Å². The number of hydrogen-bond acceptors (Lipinski definition) is 6. The van der Waals surface area contributed by atoms with E-state index in [0.717, 1.165) is 16.8 Å². The van der Waals surface area contributed by atoms with Gasteiger partial charge in [0.25, 0.3) is 5.91 Å². The number of methoxy groups -OCH3 is 2. The summed E-state index contributed by atoms with van der Waals surface area (Å²) < 4.78 is 10.6. The maximum atomic E-state index is 12.3. The molecule has 1 N–H and O–H groups in total. The third kappa shape index (κ3) is 3.27. The summed E-state index contributed by atoms with van der Waals surface area (Å²) in [5, 5.41) is 7.22. The van der Waals surface area contributed by atoms with Crippen LogP contribution in [0.2, 0.25) is 0 Å². The molecule has 2 heterocycles. The number of nitrogens with one attached hydrogen (secondary N) is 1. The lowest BCUT2D eigenvalue weighted by atomic mass is 10.1. The van der Waals surface area contributed by atoms with Crippen molar-refractivity contribution < 1.29 is 14.3 Å². The van der Waals surface area contributed by atoms with Gasteiger partial charge in [-0.2, -0.15) is 0 Å². The molecular weight excluding hydrogens is 344 g/mol. The van der Waals surface area contributed by atoms with Gasteiger partial charge in [0.1, 0.15) is 0 Å². The highest BCUT2D eigenvalue weighted by Gasteiger charge is 2.14. The van der Waals surface area contributed by atoms with Crippen molar-refractivity contribution in [3.63, 3.8) is 0 Å². The van der Waals surface area contributed by atoms with Gasteiger partial charge >= 0.3 is 0 Å². The summed E-state index contributed by atoms with van der Waals surface area (Å²) in [6.45, 7) is 1.92. The second-order valence-corrected chi connectivity index (χ2v) is 6.77. The third-order valence-electron chi connectivity index (χ3n) is 3.47. The number of rotatable bonds is 5. The Morgan fingerprint density at radius 2 is 1.92 bits per heavy atom. The average molecular weight is 360 g/mol. The first-order valence-corrected chi connectivity index (χ1v) is 8.91. The van der Waals surface area contributed by atoms with Crippen LogP contribution in [0.1, 0.15) is 15.2 Å². The first-order chi connectivity index (χ1) is 11.6. The van der Waals surface area contributed by atoms with Gasteiger partial charge < -0.3 is 9.47 Å². The zero-order valence-corrected chi connectivity index (χ0v) is 15.1. The topological polar surface area (TPSA) is 60.5 Å². The minimum absolute atomic E-state index is 0.129. The Morgan fingerprint density at radius 3 is 2.58 bits per heavy atom. The van der Waals surface area contributed by atoms with Gasteiger partial charge in [-0.25, -0.2) is 4.98 Å². The van der Waals surface area contributed by atoms with Crippen molar-refractivity contribution in [2.24, 2.45) is 0 Å². The van der Waals surface area contributed by atoms with Gasteiger partial charge in [-0.15, -0.1) is 22.7 Å². The molecule has 0 bridgehead atoms. The Labute approximate surface area is 147 Å². The molecule has 0 spiro atoms. The lowest BCUT2D eigenvalue weighted by Crippen LogP contribution is -2.10. The van der Waals surface area contributed by atoms with E-state index in [-0.39, 0.29) is 5.91 Å². The minimum atomic E-state index is -0.129. The summed E-state index contributed by atoms with van der Waals surface area (Å²) in [4.78, 5) is 17.4. The summed E-state index contributed by atoms with van der Waals surface area (Å²) in [7, 11) is 3.19. The van der Waals surface area contributed by atoms with E-state index in [4.69, 9.17) is 9.47 Å². The Balaban J connectivity index is 1.81. The number of ether oxygens (including phenoxy) is 2. The number of thiophene rings is 1. The minimum Gasteiger partial charge on any atom is -0.493 e. The van der Waals surface area contributed by atoms with Crippen molar-refractivity contribution in [3.05, 3.63) is 45.5 Å². The van der Waals surface area contributed by atoms with Crippen LogP contribution in [0, 0.1) is 6.92 Å². The highest BCUT2D eigenvalue weighted by Crippen LogP contribution is 2.33. The maximum absolute atomic E-state index is 12.3. The molecule has 0 radical (unpaired) electrons. The van der Waals surface area contributed by atoms with Crippen molar-refractivity contribution in [1.29, 1.82) is 0 Å². The number of carbonyl (C=O) groups is 1. The summed E-state index contributed by atoms with van der Waals surface area (Å²) in [5.41, 5.74) is 2.64. The van der Waals surface area contributed by atoms with E-state index >= 15 is 0 Å². The van der Waals surface area contributed by atoms with Gasteiger partial charge in [0.15, 0.2) is 16.6 Å². The molecule has 1 amide bonds. The Bertz CT molecular complexity index is 870. The highest BCUT2D eigenvalue weighted by atomic mass is 32.1. The lowest BCUT2D eigenvalue weighted by Gasteiger charge is -2.08. The molecule has 1 aromatic carbocycles. The Hall–Kier alpha value is -2.38. The summed E-state index contributed by atoms with van der Waals surface area (Å²) >= 11 is 2.81. The molecule has 7 heteroatoms. The normalized spacial score (nSPS) is 10.5. The fourth-order valence-electron chi connectivity index (χ4n) is 2.22. The monoisotopic (exact) mass is 360 g/mol. The van der Waals surface area contributed by atoms with Gasteiger partial charge in [0.2, 0.25) is 0 Å².